The normalized spacial score (nSPS) is 14.2. The zero-order valence-electron chi connectivity index (χ0n) is 15.8. The first kappa shape index (κ1) is 19.6. The van der Waals surface area contributed by atoms with Gasteiger partial charge in [0, 0.05) is 24.5 Å². The van der Waals surface area contributed by atoms with Crippen LogP contribution >= 0.6 is 0 Å². The summed E-state index contributed by atoms with van der Waals surface area (Å²) in [5, 5.41) is 0. The molecule has 2 heterocycles. The number of nitrogens with zero attached hydrogens (tertiary/aromatic N) is 3. The van der Waals surface area contributed by atoms with Crippen LogP contribution in [0, 0.1) is 5.82 Å². The maximum Gasteiger partial charge on any atom is 0.355 e. The lowest BCUT2D eigenvalue weighted by molar-refractivity contribution is -0.140. The van der Waals surface area contributed by atoms with Crippen LogP contribution in [-0.4, -0.2) is 49.0 Å². The van der Waals surface area contributed by atoms with Crippen molar-refractivity contribution >= 4 is 17.6 Å². The van der Waals surface area contributed by atoms with Crippen LogP contribution < -0.4 is 4.90 Å². The molecule has 0 N–H and O–H groups in total. The smallest absolute Gasteiger partial charge is 0.355 e. The number of rotatable bonds is 5. The number of benzene rings is 1. The van der Waals surface area contributed by atoms with E-state index in [1.54, 1.807) is 29.1 Å². The first-order chi connectivity index (χ1) is 13.5. The lowest BCUT2D eigenvalue weighted by Gasteiger charge is -2.31. The molecule has 0 unspecified atom stereocenters. The zero-order chi connectivity index (χ0) is 20.3. The van der Waals surface area contributed by atoms with Crippen molar-refractivity contribution in [3.05, 3.63) is 53.5 Å². The van der Waals surface area contributed by atoms with Crippen molar-refractivity contribution in [1.82, 2.24) is 9.55 Å². The molecule has 0 bridgehead atoms. The molecule has 1 aliphatic rings. The Morgan fingerprint density at radius 1 is 1.25 bits per heavy atom. The number of carbonyl (C=O) groups excluding carboxylic acids is 2. The van der Waals surface area contributed by atoms with Crippen LogP contribution in [0.3, 0.4) is 0 Å². The maximum absolute atomic E-state index is 14.9. The molecule has 0 amide bonds. The highest BCUT2D eigenvalue weighted by molar-refractivity contribution is 6.03. The van der Waals surface area contributed by atoms with E-state index in [0.29, 0.717) is 17.8 Å². The molecule has 1 aliphatic heterocycles. The molecule has 0 fully saturated rings. The van der Waals surface area contributed by atoms with Crippen LogP contribution in [0.2, 0.25) is 0 Å². The quantitative estimate of drug-likeness (QED) is 0.723. The Balaban J connectivity index is 2.05. The molecule has 0 saturated heterocycles. The second-order valence-corrected chi connectivity index (χ2v) is 5.92. The summed E-state index contributed by atoms with van der Waals surface area (Å²) >= 11 is 0. The Labute approximate surface area is 161 Å². The highest BCUT2D eigenvalue weighted by Gasteiger charge is 2.32. The van der Waals surface area contributed by atoms with E-state index in [2.05, 4.69) is 4.98 Å². The minimum Gasteiger partial charge on any atom is -0.466 e. The number of aromatic nitrogens is 2. The lowest BCUT2D eigenvalue weighted by Crippen LogP contribution is -2.38. The molecule has 148 valence electrons. The van der Waals surface area contributed by atoms with Gasteiger partial charge in [-0.25, -0.2) is 19.0 Å². The molecular formula is C19H20FN3O5. The van der Waals surface area contributed by atoms with Gasteiger partial charge in [0.2, 0.25) is 0 Å². The Morgan fingerprint density at radius 3 is 2.64 bits per heavy atom. The van der Waals surface area contributed by atoms with E-state index in [9.17, 15) is 14.0 Å². The van der Waals surface area contributed by atoms with E-state index in [4.69, 9.17) is 14.2 Å². The van der Waals surface area contributed by atoms with E-state index < -0.39 is 17.8 Å². The first-order valence-corrected chi connectivity index (χ1v) is 8.59. The van der Waals surface area contributed by atoms with Crippen molar-refractivity contribution < 1.29 is 28.2 Å². The Kier molecular flexibility index (Phi) is 5.74. The minimum absolute atomic E-state index is 0.00737. The van der Waals surface area contributed by atoms with Gasteiger partial charge in [-0.15, -0.1) is 0 Å². The Morgan fingerprint density at radius 2 is 2.00 bits per heavy atom. The van der Waals surface area contributed by atoms with Crippen molar-refractivity contribution in [2.45, 2.75) is 13.3 Å². The van der Waals surface area contributed by atoms with E-state index in [1.165, 1.54) is 25.2 Å². The number of anilines is 1. The summed E-state index contributed by atoms with van der Waals surface area (Å²) in [6, 6.07) is 4.47. The van der Waals surface area contributed by atoms with Crippen molar-refractivity contribution in [3.8, 4) is 5.69 Å². The fraction of sp³-hybridized carbons (Fsp3) is 0.316. The van der Waals surface area contributed by atoms with Gasteiger partial charge in [0.1, 0.15) is 24.1 Å². The molecule has 0 atom stereocenters. The third-order valence-corrected chi connectivity index (χ3v) is 4.37. The number of carbonyl (C=O) groups is 2. The summed E-state index contributed by atoms with van der Waals surface area (Å²) in [4.78, 5) is 29.9. The average Bonchev–Trinajstić information content (AvgIpc) is 3.20. The van der Waals surface area contributed by atoms with Gasteiger partial charge in [0.25, 0.3) is 0 Å². The van der Waals surface area contributed by atoms with Crippen LogP contribution in [0.1, 0.15) is 12.7 Å². The van der Waals surface area contributed by atoms with Gasteiger partial charge < -0.3 is 23.7 Å². The first-order valence-electron chi connectivity index (χ1n) is 8.59. The predicted molar refractivity (Wildman–Crippen MR) is 97.3 cm³/mol. The summed E-state index contributed by atoms with van der Waals surface area (Å²) < 4.78 is 31.5. The summed E-state index contributed by atoms with van der Waals surface area (Å²) in [6.45, 7) is 1.77. The number of aryl methyl sites for hydroxylation is 1. The number of halogens is 1. The summed E-state index contributed by atoms with van der Waals surface area (Å²) in [5.41, 5.74) is 0.631. The number of esters is 2. The number of imidazole rings is 1. The molecule has 0 saturated carbocycles. The average molecular weight is 389 g/mol. The van der Waals surface area contributed by atoms with Gasteiger partial charge in [-0.05, 0) is 18.2 Å². The standard InChI is InChI=1S/C19H20FN3O5/c1-4-16-21-7-8-22(16)15-6-5-12(9-14(15)20)23-11-28-10-13(18(24)26-2)17(23)19(25)27-3/h5-9H,4,10-11H2,1-3H3. The number of hydrogen-bond donors (Lipinski definition) is 0. The molecule has 28 heavy (non-hydrogen) atoms. The summed E-state index contributed by atoms with van der Waals surface area (Å²) in [5.74, 6) is -1.25. The van der Waals surface area contributed by atoms with Crippen LogP contribution in [-0.2, 0) is 30.2 Å². The van der Waals surface area contributed by atoms with Gasteiger partial charge in [-0.2, -0.15) is 0 Å². The van der Waals surface area contributed by atoms with Gasteiger partial charge >= 0.3 is 11.9 Å². The van der Waals surface area contributed by atoms with E-state index in [-0.39, 0.29) is 24.6 Å². The van der Waals surface area contributed by atoms with Gasteiger partial charge in [0.05, 0.1) is 32.1 Å². The molecule has 0 aliphatic carbocycles. The molecule has 1 aromatic heterocycles. The molecule has 0 spiro atoms. The van der Waals surface area contributed by atoms with Gasteiger partial charge in [0.15, 0.2) is 0 Å². The van der Waals surface area contributed by atoms with Crippen molar-refractivity contribution in [3.63, 3.8) is 0 Å². The van der Waals surface area contributed by atoms with Gasteiger partial charge in [-0.3, -0.25) is 0 Å². The zero-order valence-corrected chi connectivity index (χ0v) is 15.8. The molecule has 9 heteroatoms. The topological polar surface area (TPSA) is 82.9 Å². The highest BCUT2D eigenvalue weighted by Crippen LogP contribution is 2.29. The fourth-order valence-corrected chi connectivity index (χ4v) is 3.02. The van der Waals surface area contributed by atoms with E-state index >= 15 is 0 Å². The third-order valence-electron chi connectivity index (χ3n) is 4.37. The van der Waals surface area contributed by atoms with Crippen LogP contribution in [0.5, 0.6) is 0 Å². The minimum atomic E-state index is -0.740. The molecule has 3 rings (SSSR count). The number of methoxy groups -OCH3 is 2. The largest absolute Gasteiger partial charge is 0.466 e. The van der Waals surface area contributed by atoms with Crippen LogP contribution in [0.25, 0.3) is 5.69 Å². The monoisotopic (exact) mass is 389 g/mol. The van der Waals surface area contributed by atoms with Crippen LogP contribution in [0.15, 0.2) is 41.9 Å². The molecule has 1 aromatic carbocycles. The fourth-order valence-electron chi connectivity index (χ4n) is 3.02. The Hall–Kier alpha value is -3.20. The molecule has 0 radical (unpaired) electrons. The van der Waals surface area contributed by atoms with E-state index in [0.717, 1.165) is 5.82 Å². The number of hydrogen-bond acceptors (Lipinski definition) is 7. The molecular weight excluding hydrogens is 369 g/mol. The summed E-state index contributed by atoms with van der Waals surface area (Å²) in [6.07, 6.45) is 3.92. The number of ether oxygens (including phenoxy) is 3. The maximum atomic E-state index is 14.9. The second-order valence-electron chi connectivity index (χ2n) is 5.92. The SMILES string of the molecule is CCc1nccn1-c1ccc(N2COCC(C(=O)OC)=C2C(=O)OC)cc1F. The second kappa shape index (κ2) is 8.22. The van der Waals surface area contributed by atoms with Crippen molar-refractivity contribution in [2.75, 3.05) is 32.5 Å². The lowest BCUT2D eigenvalue weighted by atomic mass is 10.1. The highest BCUT2D eigenvalue weighted by atomic mass is 19.1. The summed E-state index contributed by atoms with van der Waals surface area (Å²) in [7, 11) is 2.40. The van der Waals surface area contributed by atoms with Crippen molar-refractivity contribution in [1.29, 1.82) is 0 Å². The molecule has 2 aromatic rings. The van der Waals surface area contributed by atoms with E-state index in [1.807, 2.05) is 6.92 Å². The Bertz CT molecular complexity index is 937. The third kappa shape index (κ3) is 3.48. The predicted octanol–water partition coefficient (Wildman–Crippen LogP) is 1.97. The molecule has 8 nitrogen and oxygen atoms in total. The van der Waals surface area contributed by atoms with Crippen molar-refractivity contribution in [2.24, 2.45) is 0 Å². The van der Waals surface area contributed by atoms with Gasteiger partial charge in [-0.1, -0.05) is 6.92 Å². The van der Waals surface area contributed by atoms with Crippen LogP contribution in [0.4, 0.5) is 10.1 Å².